The average molecular weight is 874 g/mol. The second kappa shape index (κ2) is 12.3. The van der Waals surface area contributed by atoms with Gasteiger partial charge in [-0.25, -0.2) is 13.0 Å². The number of hydrogen-bond donors (Lipinski definition) is 1. The molecule has 10 aromatic carbocycles. The molecule has 63 heavy (non-hydrogen) atoms. The summed E-state index contributed by atoms with van der Waals surface area (Å²) in [5.74, 6) is 0.140. The maximum Gasteiger partial charge on any atom is 0.526 e. The summed E-state index contributed by atoms with van der Waals surface area (Å²) in [5, 5.41) is 12.2. The Morgan fingerprint density at radius 2 is 0.937 bits per heavy atom. The highest BCUT2D eigenvalue weighted by molar-refractivity contribution is 7.95. The van der Waals surface area contributed by atoms with E-state index in [1.807, 2.05) is 86.6 Å². The number of rotatable bonds is 4. The SMILES string of the molecule is Cc1cc(-c2ccc3ccc4cccc5ccc2c3c45)c2c3c1CCC31CCc3c(C)cc(-c4ccc5ccc6cccc7ccc4c5c67)c(c31)OP(=O)(NS(=O)(=O)C(F)(F)F)O2. The van der Waals surface area contributed by atoms with E-state index in [2.05, 4.69) is 48.5 Å². The van der Waals surface area contributed by atoms with Crippen LogP contribution in [0.3, 0.4) is 0 Å². The Morgan fingerprint density at radius 3 is 1.35 bits per heavy atom. The highest BCUT2D eigenvalue weighted by atomic mass is 32.2. The standard InChI is InChI=1S/C52H35F3NO5PS/c1-27-25-41(37-17-13-33-11-9-29-5-3-7-31-15-19-39(37)45(33)43(29)31)49-47-35(27)21-23-51(47)24-22-36-28(2)26-42(50(48(36)51)61-62(57,60-49)56-63(58,59)52(53,54)55)38-18-14-34-12-10-30-6-4-8-32-16-20-40(38)46(34)44(30)32/h3-20,25-26H,21-24H2,1-2H3,(H,56,57). The van der Waals surface area contributed by atoms with E-state index in [1.165, 1.54) is 4.49 Å². The van der Waals surface area contributed by atoms with Gasteiger partial charge in [0.25, 0.3) is 0 Å². The van der Waals surface area contributed by atoms with E-state index in [0.29, 0.717) is 47.9 Å². The molecule has 10 aromatic rings. The number of hydrogen-bond acceptors (Lipinski definition) is 5. The van der Waals surface area contributed by atoms with Crippen molar-refractivity contribution >= 4 is 82.4 Å². The first kappa shape index (κ1) is 37.4. The summed E-state index contributed by atoms with van der Waals surface area (Å²) in [4.78, 5) is 0. The fourth-order valence-corrected chi connectivity index (χ4v) is 14.6. The van der Waals surface area contributed by atoms with Gasteiger partial charge < -0.3 is 9.05 Å². The van der Waals surface area contributed by atoms with Gasteiger partial charge in [-0.3, -0.25) is 0 Å². The molecule has 0 atom stereocenters. The van der Waals surface area contributed by atoms with Gasteiger partial charge in [-0.05, 0) is 150 Å². The predicted octanol–water partition coefficient (Wildman–Crippen LogP) is 13.9. The third-order valence-corrected chi connectivity index (χ3v) is 17.7. The van der Waals surface area contributed by atoms with Crippen LogP contribution in [-0.4, -0.2) is 13.9 Å². The van der Waals surface area contributed by atoms with Gasteiger partial charge in [0.05, 0.1) is 0 Å². The van der Waals surface area contributed by atoms with Crippen molar-refractivity contribution in [3.05, 3.63) is 155 Å². The van der Waals surface area contributed by atoms with E-state index in [4.69, 9.17) is 9.05 Å². The highest BCUT2D eigenvalue weighted by Gasteiger charge is 2.57. The van der Waals surface area contributed by atoms with Crippen LogP contribution in [0.25, 0.3) is 86.9 Å². The Morgan fingerprint density at radius 1 is 0.556 bits per heavy atom. The van der Waals surface area contributed by atoms with Crippen molar-refractivity contribution in [3.63, 3.8) is 0 Å². The molecule has 0 unspecified atom stereocenters. The Hall–Kier alpha value is -6.19. The van der Waals surface area contributed by atoms with Crippen LogP contribution in [0.2, 0.25) is 0 Å². The molecule has 0 saturated heterocycles. The van der Waals surface area contributed by atoms with Crippen molar-refractivity contribution in [1.29, 1.82) is 0 Å². The average Bonchev–Trinajstić information content (AvgIpc) is 3.84. The van der Waals surface area contributed by atoms with Gasteiger partial charge in [-0.2, -0.15) is 13.2 Å². The fourth-order valence-electron chi connectivity index (χ4n) is 11.8. The zero-order valence-electron chi connectivity index (χ0n) is 33.9. The minimum Gasteiger partial charge on any atom is -0.403 e. The van der Waals surface area contributed by atoms with Gasteiger partial charge in [0, 0.05) is 27.7 Å². The molecule has 0 radical (unpaired) electrons. The van der Waals surface area contributed by atoms with Crippen LogP contribution in [0, 0.1) is 13.8 Å². The van der Waals surface area contributed by atoms with Crippen LogP contribution < -0.4 is 13.5 Å². The van der Waals surface area contributed by atoms with Gasteiger partial charge in [-0.15, -0.1) is 0 Å². The molecule has 0 fully saturated rings. The molecule has 3 aliphatic rings. The number of halogens is 3. The molecule has 6 nitrogen and oxygen atoms in total. The second-order valence-corrected chi connectivity index (χ2v) is 21.1. The largest absolute Gasteiger partial charge is 0.526 e. The maximum atomic E-state index is 15.6. The molecule has 11 heteroatoms. The normalized spacial score (nSPS) is 16.5. The van der Waals surface area contributed by atoms with Crippen LogP contribution >= 0.6 is 7.75 Å². The Labute approximate surface area is 359 Å². The summed E-state index contributed by atoms with van der Waals surface area (Å²) < 4.78 is 100.0. The summed E-state index contributed by atoms with van der Waals surface area (Å²) in [5.41, 5.74) is 1.11. The lowest BCUT2D eigenvalue weighted by atomic mass is 9.73. The zero-order valence-corrected chi connectivity index (χ0v) is 35.6. The molecule has 1 spiro atoms. The lowest BCUT2D eigenvalue weighted by molar-refractivity contribution is -0.0443. The Kier molecular flexibility index (Phi) is 7.29. The van der Waals surface area contributed by atoms with Crippen LogP contribution in [0.15, 0.2) is 121 Å². The monoisotopic (exact) mass is 873 g/mol. The molecule has 1 N–H and O–H groups in total. The van der Waals surface area contributed by atoms with Crippen LogP contribution in [-0.2, 0) is 32.8 Å². The zero-order chi connectivity index (χ0) is 42.9. The molecule has 0 bridgehead atoms. The van der Waals surface area contributed by atoms with E-state index in [-0.39, 0.29) is 11.5 Å². The molecule has 0 aromatic heterocycles. The summed E-state index contributed by atoms with van der Waals surface area (Å²) >= 11 is 0. The molecule has 1 heterocycles. The summed E-state index contributed by atoms with van der Waals surface area (Å²) in [7, 11) is -11.8. The molecular formula is C52H35F3NO5PS. The van der Waals surface area contributed by atoms with E-state index in [1.54, 1.807) is 0 Å². The molecule has 13 rings (SSSR count). The van der Waals surface area contributed by atoms with Gasteiger partial charge >= 0.3 is 23.3 Å². The van der Waals surface area contributed by atoms with Crippen molar-refractivity contribution in [2.75, 3.05) is 0 Å². The molecule has 1 aliphatic heterocycles. The number of nitrogens with one attached hydrogen (secondary N) is 1. The van der Waals surface area contributed by atoms with Crippen molar-refractivity contribution in [2.24, 2.45) is 0 Å². The van der Waals surface area contributed by atoms with E-state index >= 15 is 4.57 Å². The first-order valence-corrected chi connectivity index (χ1v) is 24.0. The van der Waals surface area contributed by atoms with Crippen molar-refractivity contribution in [2.45, 2.75) is 50.5 Å². The molecule has 0 amide bonds. The smallest absolute Gasteiger partial charge is 0.403 e. The number of alkyl halides is 3. The summed E-state index contributed by atoms with van der Waals surface area (Å²) in [6, 6.07) is 40.6. The lowest BCUT2D eigenvalue weighted by Crippen LogP contribution is -2.37. The van der Waals surface area contributed by atoms with Crippen molar-refractivity contribution in [3.8, 4) is 33.8 Å². The molecule has 310 valence electrons. The van der Waals surface area contributed by atoms with Gasteiger partial charge in [0.2, 0.25) is 0 Å². The minimum absolute atomic E-state index is 0.0700. The van der Waals surface area contributed by atoms with E-state index < -0.39 is 28.7 Å². The van der Waals surface area contributed by atoms with Crippen LogP contribution in [0.5, 0.6) is 11.5 Å². The summed E-state index contributed by atoms with van der Waals surface area (Å²) in [6.45, 7) is 4.05. The van der Waals surface area contributed by atoms with Gasteiger partial charge in [0.15, 0.2) is 0 Å². The number of sulfonamides is 1. The van der Waals surface area contributed by atoms with Crippen molar-refractivity contribution in [1.82, 2.24) is 4.49 Å². The third-order valence-electron chi connectivity index (χ3n) is 14.4. The first-order chi connectivity index (χ1) is 30.2. The number of aryl methyl sites for hydroxylation is 2. The molecule has 2 aliphatic carbocycles. The maximum absolute atomic E-state index is 15.6. The molecular weight excluding hydrogens is 839 g/mol. The van der Waals surface area contributed by atoms with E-state index in [9.17, 15) is 21.6 Å². The van der Waals surface area contributed by atoms with Crippen LogP contribution in [0.4, 0.5) is 13.2 Å². The predicted molar refractivity (Wildman–Crippen MR) is 245 cm³/mol. The topological polar surface area (TPSA) is 81.7 Å². The second-order valence-electron chi connectivity index (χ2n) is 17.6. The minimum atomic E-state index is -6.28. The Bertz CT molecular complexity index is 3610. The van der Waals surface area contributed by atoms with Gasteiger partial charge in [-0.1, -0.05) is 114 Å². The first-order valence-electron chi connectivity index (χ1n) is 21.0. The number of benzene rings is 10. The quantitative estimate of drug-likeness (QED) is 0.141. The van der Waals surface area contributed by atoms with Crippen molar-refractivity contribution < 1.29 is 35.2 Å². The van der Waals surface area contributed by atoms with E-state index in [0.717, 1.165) is 98.0 Å². The summed E-state index contributed by atoms with van der Waals surface area (Å²) in [6.07, 6.45) is 2.53. The Balaban J connectivity index is 1.14. The fraction of sp³-hybridized carbons (Fsp3) is 0.154. The lowest BCUT2D eigenvalue weighted by Gasteiger charge is -2.36. The highest BCUT2D eigenvalue weighted by Crippen LogP contribution is 2.67. The van der Waals surface area contributed by atoms with Crippen LogP contribution in [0.1, 0.15) is 46.2 Å². The molecule has 0 saturated carbocycles. The third kappa shape index (κ3) is 4.94. The van der Waals surface area contributed by atoms with Gasteiger partial charge in [0.1, 0.15) is 11.5 Å².